The van der Waals surface area contributed by atoms with Crippen molar-refractivity contribution in [1.29, 1.82) is 0 Å². The number of thioether (sulfide) groups is 1. The summed E-state index contributed by atoms with van der Waals surface area (Å²) in [5, 5.41) is 6.95. The van der Waals surface area contributed by atoms with Crippen LogP contribution in [0.5, 0.6) is 5.75 Å². The van der Waals surface area contributed by atoms with E-state index in [9.17, 15) is 4.79 Å². The van der Waals surface area contributed by atoms with Crippen molar-refractivity contribution < 1.29 is 14.1 Å². The lowest BCUT2D eigenvalue weighted by Crippen LogP contribution is -2.14. The van der Waals surface area contributed by atoms with Crippen molar-refractivity contribution in [1.82, 2.24) is 5.16 Å². The van der Waals surface area contributed by atoms with Gasteiger partial charge in [-0.2, -0.15) is 0 Å². The summed E-state index contributed by atoms with van der Waals surface area (Å²) in [7, 11) is 0. The Morgan fingerprint density at radius 3 is 3.00 bits per heavy atom. The van der Waals surface area contributed by atoms with Gasteiger partial charge in [0.2, 0.25) is 5.91 Å². The van der Waals surface area contributed by atoms with E-state index >= 15 is 0 Å². The molecular formula is C21H20N2O3S. The summed E-state index contributed by atoms with van der Waals surface area (Å²) in [5.74, 6) is 1.46. The molecule has 0 saturated carbocycles. The van der Waals surface area contributed by atoms with Crippen LogP contribution >= 0.6 is 11.8 Å². The van der Waals surface area contributed by atoms with E-state index in [1.165, 1.54) is 5.56 Å². The van der Waals surface area contributed by atoms with E-state index < -0.39 is 0 Å². The summed E-state index contributed by atoms with van der Waals surface area (Å²) in [6, 6.07) is 15.6. The zero-order valence-corrected chi connectivity index (χ0v) is 16.0. The van der Waals surface area contributed by atoms with Crippen LogP contribution in [0.1, 0.15) is 18.2 Å². The van der Waals surface area contributed by atoms with Crippen LogP contribution in [0.15, 0.2) is 57.9 Å². The minimum Gasteiger partial charge on any atom is -0.490 e. The van der Waals surface area contributed by atoms with Crippen molar-refractivity contribution >= 4 is 23.4 Å². The van der Waals surface area contributed by atoms with Gasteiger partial charge >= 0.3 is 0 Å². The molecule has 0 saturated heterocycles. The number of anilines is 1. The molecule has 138 valence electrons. The Hall–Kier alpha value is -2.73. The standard InChI is InChI=1S/C21H20N2O3S/c1-13-8-15-9-14(6-7-19(15)25-13)20-11-17(23-26-20)12-21(24)22-16-4-3-5-18(10-16)27-2/h3-7,9-11,13H,8,12H2,1-2H3,(H,22,24)/t13-/m1/s1. The van der Waals surface area contributed by atoms with Crippen molar-refractivity contribution in [2.75, 3.05) is 11.6 Å². The van der Waals surface area contributed by atoms with Gasteiger partial charge in [-0.05, 0) is 55.1 Å². The van der Waals surface area contributed by atoms with Crippen LogP contribution in [0.25, 0.3) is 11.3 Å². The molecule has 1 aromatic heterocycles. The minimum atomic E-state index is -0.121. The molecule has 6 heteroatoms. The summed E-state index contributed by atoms with van der Waals surface area (Å²) < 4.78 is 11.2. The molecule has 3 aromatic rings. The summed E-state index contributed by atoms with van der Waals surface area (Å²) in [5.41, 5.74) is 3.50. The van der Waals surface area contributed by atoms with E-state index in [-0.39, 0.29) is 18.4 Å². The minimum absolute atomic E-state index is 0.121. The van der Waals surface area contributed by atoms with Crippen LogP contribution in [0, 0.1) is 0 Å². The third-order valence-electron chi connectivity index (χ3n) is 4.43. The topological polar surface area (TPSA) is 64.4 Å². The van der Waals surface area contributed by atoms with Gasteiger partial charge in [0.05, 0.1) is 12.1 Å². The second-order valence-electron chi connectivity index (χ2n) is 6.59. The van der Waals surface area contributed by atoms with Crippen molar-refractivity contribution in [2.45, 2.75) is 30.8 Å². The zero-order chi connectivity index (χ0) is 18.8. The molecule has 1 N–H and O–H groups in total. The SMILES string of the molecule is CSc1cccc(NC(=O)Cc2cc(-c3ccc4c(c3)C[C@@H](C)O4)on2)c1. The van der Waals surface area contributed by atoms with E-state index in [4.69, 9.17) is 9.26 Å². The van der Waals surface area contributed by atoms with Crippen LogP contribution in [-0.2, 0) is 17.6 Å². The molecule has 27 heavy (non-hydrogen) atoms. The van der Waals surface area contributed by atoms with Gasteiger partial charge in [0.15, 0.2) is 5.76 Å². The molecule has 2 aromatic carbocycles. The van der Waals surface area contributed by atoms with Gasteiger partial charge in [0.25, 0.3) is 0 Å². The predicted molar refractivity (Wildman–Crippen MR) is 106 cm³/mol. The highest BCUT2D eigenvalue weighted by Crippen LogP contribution is 2.33. The maximum absolute atomic E-state index is 12.3. The van der Waals surface area contributed by atoms with E-state index in [1.54, 1.807) is 11.8 Å². The molecule has 1 aliphatic heterocycles. The molecule has 4 rings (SSSR count). The maximum atomic E-state index is 12.3. The fourth-order valence-electron chi connectivity index (χ4n) is 3.18. The zero-order valence-electron chi connectivity index (χ0n) is 15.2. The molecule has 0 aliphatic carbocycles. The molecule has 0 radical (unpaired) electrons. The van der Waals surface area contributed by atoms with Crippen LogP contribution < -0.4 is 10.1 Å². The first-order valence-electron chi connectivity index (χ1n) is 8.80. The van der Waals surface area contributed by atoms with E-state index in [0.29, 0.717) is 11.5 Å². The van der Waals surface area contributed by atoms with Crippen molar-refractivity contribution in [2.24, 2.45) is 0 Å². The molecule has 0 spiro atoms. The van der Waals surface area contributed by atoms with Gasteiger partial charge in [0.1, 0.15) is 11.9 Å². The Kier molecular flexibility index (Phi) is 4.90. The number of carbonyl (C=O) groups is 1. The molecular weight excluding hydrogens is 360 g/mol. The summed E-state index contributed by atoms with van der Waals surface area (Å²) in [6.07, 6.45) is 3.26. The lowest BCUT2D eigenvalue weighted by Gasteiger charge is -2.05. The number of hydrogen-bond acceptors (Lipinski definition) is 5. The van der Waals surface area contributed by atoms with Crippen molar-refractivity contribution in [3.63, 3.8) is 0 Å². The van der Waals surface area contributed by atoms with Crippen LogP contribution in [-0.4, -0.2) is 23.4 Å². The number of hydrogen-bond donors (Lipinski definition) is 1. The molecule has 0 bridgehead atoms. The Bertz CT molecular complexity index is 983. The van der Waals surface area contributed by atoms with Gasteiger partial charge in [-0.15, -0.1) is 11.8 Å². The van der Waals surface area contributed by atoms with Gasteiger partial charge in [0, 0.05) is 28.6 Å². The number of nitrogens with zero attached hydrogens (tertiary/aromatic N) is 1. The van der Waals surface area contributed by atoms with Gasteiger partial charge < -0.3 is 14.6 Å². The molecule has 5 nitrogen and oxygen atoms in total. The number of benzene rings is 2. The number of aromatic nitrogens is 1. The average Bonchev–Trinajstić information content (AvgIpc) is 3.26. The second kappa shape index (κ2) is 7.48. The first-order chi connectivity index (χ1) is 13.1. The highest BCUT2D eigenvalue weighted by atomic mass is 32.2. The number of nitrogens with one attached hydrogen (secondary N) is 1. The summed E-state index contributed by atoms with van der Waals surface area (Å²) in [6.45, 7) is 2.06. The molecule has 1 aliphatic rings. The number of fused-ring (bicyclic) bond motifs is 1. The normalized spacial score (nSPS) is 15.3. The van der Waals surface area contributed by atoms with E-state index in [2.05, 4.69) is 23.5 Å². The van der Waals surface area contributed by atoms with E-state index in [0.717, 1.165) is 28.3 Å². The summed E-state index contributed by atoms with van der Waals surface area (Å²) >= 11 is 1.64. The lowest BCUT2D eigenvalue weighted by molar-refractivity contribution is -0.115. The molecule has 1 atom stereocenters. The second-order valence-corrected chi connectivity index (χ2v) is 7.47. The molecule has 0 unspecified atom stereocenters. The first-order valence-corrected chi connectivity index (χ1v) is 10.0. The Balaban J connectivity index is 1.43. The van der Waals surface area contributed by atoms with Crippen LogP contribution in [0.3, 0.4) is 0 Å². The number of rotatable bonds is 5. The van der Waals surface area contributed by atoms with Gasteiger partial charge in [-0.25, -0.2) is 0 Å². The van der Waals surface area contributed by atoms with E-state index in [1.807, 2.05) is 48.7 Å². The quantitative estimate of drug-likeness (QED) is 0.657. The monoisotopic (exact) mass is 380 g/mol. The fraction of sp³-hybridized carbons (Fsp3) is 0.238. The highest BCUT2D eigenvalue weighted by Gasteiger charge is 2.20. The summed E-state index contributed by atoms with van der Waals surface area (Å²) in [4.78, 5) is 13.4. The Morgan fingerprint density at radius 2 is 2.15 bits per heavy atom. The lowest BCUT2D eigenvalue weighted by atomic mass is 10.1. The van der Waals surface area contributed by atoms with Gasteiger partial charge in [-0.1, -0.05) is 11.2 Å². The van der Waals surface area contributed by atoms with Gasteiger partial charge in [-0.3, -0.25) is 4.79 Å². The third kappa shape index (κ3) is 4.01. The van der Waals surface area contributed by atoms with Crippen LogP contribution in [0.4, 0.5) is 5.69 Å². The number of carbonyl (C=O) groups excluding carboxylic acids is 1. The largest absolute Gasteiger partial charge is 0.490 e. The predicted octanol–water partition coefficient (Wildman–Crippen LogP) is 4.57. The first kappa shape index (κ1) is 17.7. The smallest absolute Gasteiger partial charge is 0.230 e. The van der Waals surface area contributed by atoms with Crippen molar-refractivity contribution in [3.8, 4) is 17.1 Å². The molecule has 2 heterocycles. The molecule has 1 amide bonds. The Morgan fingerprint density at radius 1 is 1.26 bits per heavy atom. The maximum Gasteiger partial charge on any atom is 0.230 e. The number of amides is 1. The Labute approximate surface area is 162 Å². The molecule has 0 fully saturated rings. The van der Waals surface area contributed by atoms with Crippen molar-refractivity contribution in [3.05, 3.63) is 59.8 Å². The fourth-order valence-corrected chi connectivity index (χ4v) is 3.64. The average molecular weight is 380 g/mol. The highest BCUT2D eigenvalue weighted by molar-refractivity contribution is 7.98. The third-order valence-corrected chi connectivity index (χ3v) is 5.16. The number of ether oxygens (including phenoxy) is 1. The van der Waals surface area contributed by atoms with Crippen LogP contribution in [0.2, 0.25) is 0 Å².